The number of hydrogen-bond acceptors (Lipinski definition) is 2. The van der Waals surface area contributed by atoms with Crippen LogP contribution in [0.25, 0.3) is 0 Å². The number of aryl methyl sites for hydroxylation is 3. The zero-order chi connectivity index (χ0) is 10.7. The summed E-state index contributed by atoms with van der Waals surface area (Å²) in [5.41, 5.74) is 9.47. The Morgan fingerprint density at radius 2 is 1.73 bits per heavy atom. The second kappa shape index (κ2) is 5.73. The number of amides is 1. The van der Waals surface area contributed by atoms with Gasteiger partial charge in [0.25, 0.3) is 0 Å². The number of halogens is 1. The summed E-state index contributed by atoms with van der Waals surface area (Å²) in [7, 11) is 0. The number of nitrogens with one attached hydrogen (secondary N) is 1. The maximum absolute atomic E-state index is 11.1. The minimum absolute atomic E-state index is 0. The van der Waals surface area contributed by atoms with E-state index in [1.807, 2.05) is 32.9 Å². The van der Waals surface area contributed by atoms with Gasteiger partial charge >= 0.3 is 0 Å². The minimum atomic E-state index is -0.153. The summed E-state index contributed by atoms with van der Waals surface area (Å²) >= 11 is 0. The third-order valence-electron chi connectivity index (χ3n) is 2.13. The Kier molecular flexibility index (Phi) is 5.33. The van der Waals surface area contributed by atoms with Gasteiger partial charge in [-0.1, -0.05) is 17.7 Å². The molecule has 4 heteroatoms. The molecule has 0 aromatic heterocycles. The van der Waals surface area contributed by atoms with Crippen molar-refractivity contribution in [3.63, 3.8) is 0 Å². The van der Waals surface area contributed by atoms with Crippen molar-refractivity contribution in [1.29, 1.82) is 0 Å². The smallest absolute Gasteiger partial charge is 0.238 e. The SMILES string of the molecule is Cc1cc(C)c(NC(=O)CN)c(C)c1.Cl. The summed E-state index contributed by atoms with van der Waals surface area (Å²) in [5, 5.41) is 2.79. The third kappa shape index (κ3) is 3.53. The summed E-state index contributed by atoms with van der Waals surface area (Å²) in [5.74, 6) is -0.153. The molecule has 1 aromatic rings. The second-order valence-corrected chi connectivity index (χ2v) is 3.53. The molecule has 3 nitrogen and oxygen atoms in total. The minimum Gasteiger partial charge on any atom is -0.324 e. The zero-order valence-electron chi connectivity index (χ0n) is 9.26. The van der Waals surface area contributed by atoms with Crippen LogP contribution in [0.15, 0.2) is 12.1 Å². The molecule has 0 atom stereocenters. The highest BCUT2D eigenvalue weighted by Gasteiger charge is 2.06. The number of hydrogen-bond donors (Lipinski definition) is 2. The Bertz CT molecular complexity index is 341. The van der Waals surface area contributed by atoms with Gasteiger partial charge in [-0.15, -0.1) is 12.4 Å². The first-order valence-electron chi connectivity index (χ1n) is 4.62. The van der Waals surface area contributed by atoms with Crippen LogP contribution in [0.1, 0.15) is 16.7 Å². The van der Waals surface area contributed by atoms with Crippen molar-refractivity contribution in [2.75, 3.05) is 11.9 Å². The quantitative estimate of drug-likeness (QED) is 0.813. The van der Waals surface area contributed by atoms with E-state index in [0.29, 0.717) is 0 Å². The normalized spacial score (nSPS) is 9.33. The molecular formula is C11H17ClN2O. The fourth-order valence-corrected chi connectivity index (χ4v) is 1.57. The van der Waals surface area contributed by atoms with Crippen molar-refractivity contribution in [3.05, 3.63) is 28.8 Å². The Hall–Kier alpha value is -1.06. The topological polar surface area (TPSA) is 55.1 Å². The van der Waals surface area contributed by atoms with Gasteiger partial charge in [-0.25, -0.2) is 0 Å². The monoisotopic (exact) mass is 228 g/mol. The summed E-state index contributed by atoms with van der Waals surface area (Å²) in [6.07, 6.45) is 0. The molecule has 0 spiro atoms. The van der Waals surface area contributed by atoms with Crippen LogP contribution in [-0.2, 0) is 4.79 Å². The Labute approximate surface area is 96.5 Å². The highest BCUT2D eigenvalue weighted by molar-refractivity contribution is 5.93. The largest absolute Gasteiger partial charge is 0.324 e. The number of anilines is 1. The predicted molar refractivity (Wildman–Crippen MR) is 65.6 cm³/mol. The molecule has 3 N–H and O–H groups in total. The van der Waals surface area contributed by atoms with Crippen LogP contribution in [0, 0.1) is 20.8 Å². The van der Waals surface area contributed by atoms with E-state index in [2.05, 4.69) is 5.32 Å². The summed E-state index contributed by atoms with van der Waals surface area (Å²) < 4.78 is 0. The lowest BCUT2D eigenvalue weighted by Crippen LogP contribution is -2.22. The highest BCUT2D eigenvalue weighted by atomic mass is 35.5. The van der Waals surface area contributed by atoms with Crippen LogP contribution < -0.4 is 11.1 Å². The number of nitrogens with two attached hydrogens (primary N) is 1. The van der Waals surface area contributed by atoms with Crippen molar-refractivity contribution >= 4 is 24.0 Å². The third-order valence-corrected chi connectivity index (χ3v) is 2.13. The van der Waals surface area contributed by atoms with Gasteiger partial charge in [0.1, 0.15) is 0 Å². The number of carbonyl (C=O) groups excluding carboxylic acids is 1. The van der Waals surface area contributed by atoms with Gasteiger partial charge in [0.15, 0.2) is 0 Å². The van der Waals surface area contributed by atoms with Crippen molar-refractivity contribution in [1.82, 2.24) is 0 Å². The lowest BCUT2D eigenvalue weighted by molar-refractivity contribution is -0.114. The van der Waals surface area contributed by atoms with Crippen molar-refractivity contribution in [2.45, 2.75) is 20.8 Å². The molecule has 1 aromatic carbocycles. The van der Waals surface area contributed by atoms with Crippen LogP contribution in [0.3, 0.4) is 0 Å². The van der Waals surface area contributed by atoms with Crippen LogP contribution in [-0.4, -0.2) is 12.5 Å². The fraction of sp³-hybridized carbons (Fsp3) is 0.364. The Morgan fingerprint density at radius 3 is 2.13 bits per heavy atom. The van der Waals surface area contributed by atoms with E-state index in [-0.39, 0.29) is 24.9 Å². The average Bonchev–Trinajstić information content (AvgIpc) is 2.10. The standard InChI is InChI=1S/C11H16N2O.ClH/c1-7-4-8(2)11(9(3)5-7)13-10(14)6-12;/h4-5H,6,12H2,1-3H3,(H,13,14);1H. The van der Waals surface area contributed by atoms with Crippen LogP contribution in [0.2, 0.25) is 0 Å². The predicted octanol–water partition coefficient (Wildman–Crippen LogP) is 1.93. The Morgan fingerprint density at radius 1 is 1.27 bits per heavy atom. The summed E-state index contributed by atoms with van der Waals surface area (Å²) in [6, 6.07) is 4.08. The molecule has 0 radical (unpaired) electrons. The van der Waals surface area contributed by atoms with Crippen LogP contribution in [0.5, 0.6) is 0 Å². The lowest BCUT2D eigenvalue weighted by Gasteiger charge is -2.11. The maximum Gasteiger partial charge on any atom is 0.238 e. The van der Waals surface area contributed by atoms with Crippen molar-refractivity contribution < 1.29 is 4.79 Å². The Balaban J connectivity index is 0.00000196. The first-order chi connectivity index (χ1) is 6.54. The van der Waals surface area contributed by atoms with Crippen molar-refractivity contribution in [3.8, 4) is 0 Å². The first kappa shape index (κ1) is 13.9. The molecule has 0 fully saturated rings. The molecular weight excluding hydrogens is 212 g/mol. The van der Waals surface area contributed by atoms with Crippen molar-refractivity contribution in [2.24, 2.45) is 5.73 Å². The van der Waals surface area contributed by atoms with Gasteiger partial charge in [-0.05, 0) is 31.9 Å². The molecule has 84 valence electrons. The molecule has 0 saturated heterocycles. The summed E-state index contributed by atoms with van der Waals surface area (Å²) in [4.78, 5) is 11.1. The second-order valence-electron chi connectivity index (χ2n) is 3.53. The van der Waals surface area contributed by atoms with E-state index < -0.39 is 0 Å². The van der Waals surface area contributed by atoms with Crippen LogP contribution in [0.4, 0.5) is 5.69 Å². The highest BCUT2D eigenvalue weighted by Crippen LogP contribution is 2.21. The summed E-state index contributed by atoms with van der Waals surface area (Å²) in [6.45, 7) is 6.01. The number of rotatable bonds is 2. The van der Waals surface area contributed by atoms with Gasteiger partial charge in [0.2, 0.25) is 5.91 Å². The molecule has 1 amide bonds. The molecule has 0 unspecified atom stereocenters. The average molecular weight is 229 g/mol. The molecule has 0 heterocycles. The lowest BCUT2D eigenvalue weighted by atomic mass is 10.1. The van der Waals surface area contributed by atoms with Crippen LogP contribution >= 0.6 is 12.4 Å². The molecule has 0 saturated carbocycles. The van der Waals surface area contributed by atoms with Gasteiger partial charge in [-0.2, -0.15) is 0 Å². The van der Waals surface area contributed by atoms with E-state index >= 15 is 0 Å². The molecule has 0 aliphatic heterocycles. The van der Waals surface area contributed by atoms with Gasteiger partial charge in [-0.3, -0.25) is 4.79 Å². The van der Waals surface area contributed by atoms with E-state index in [0.717, 1.165) is 16.8 Å². The molecule has 0 aliphatic carbocycles. The fourth-order valence-electron chi connectivity index (χ4n) is 1.57. The molecule has 0 bridgehead atoms. The maximum atomic E-state index is 11.1. The van der Waals surface area contributed by atoms with E-state index in [9.17, 15) is 4.79 Å². The number of carbonyl (C=O) groups is 1. The first-order valence-corrected chi connectivity index (χ1v) is 4.62. The molecule has 1 rings (SSSR count). The molecule has 0 aliphatic rings. The molecule has 15 heavy (non-hydrogen) atoms. The van der Waals surface area contributed by atoms with E-state index in [1.54, 1.807) is 0 Å². The zero-order valence-corrected chi connectivity index (χ0v) is 10.1. The van der Waals surface area contributed by atoms with E-state index in [1.165, 1.54) is 5.56 Å². The van der Waals surface area contributed by atoms with Gasteiger partial charge in [0.05, 0.1) is 6.54 Å². The van der Waals surface area contributed by atoms with E-state index in [4.69, 9.17) is 5.73 Å². The van der Waals surface area contributed by atoms with Gasteiger partial charge in [0, 0.05) is 5.69 Å². The van der Waals surface area contributed by atoms with Gasteiger partial charge < -0.3 is 11.1 Å². The number of benzene rings is 1.